The third kappa shape index (κ3) is 6.81. The highest BCUT2D eigenvalue weighted by atomic mass is 32.2. The topological polar surface area (TPSA) is 73.9 Å². The first-order chi connectivity index (χ1) is 15.1. The summed E-state index contributed by atoms with van der Waals surface area (Å²) in [6.07, 6.45) is -3.84. The van der Waals surface area contributed by atoms with Crippen LogP contribution in [-0.2, 0) is 15.7 Å². The molecule has 32 heavy (non-hydrogen) atoms. The average molecular weight is 471 g/mol. The zero-order valence-corrected chi connectivity index (χ0v) is 18.9. The van der Waals surface area contributed by atoms with Crippen LogP contribution in [0.4, 0.5) is 18.9 Å². The van der Waals surface area contributed by atoms with Crippen molar-refractivity contribution in [3.8, 4) is 11.5 Å². The van der Waals surface area contributed by atoms with Crippen LogP contribution in [0.15, 0.2) is 41.3 Å². The lowest BCUT2D eigenvalue weighted by molar-refractivity contribution is -0.143. The molecule has 2 aromatic rings. The molecule has 10 heteroatoms. The fourth-order valence-electron chi connectivity index (χ4n) is 2.58. The van der Waals surface area contributed by atoms with Gasteiger partial charge in [-0.15, -0.1) is 11.8 Å². The molecule has 2 aromatic carbocycles. The molecule has 0 aliphatic rings. The van der Waals surface area contributed by atoms with Gasteiger partial charge < -0.3 is 19.5 Å². The standard InChI is InChI=1S/C22H24F3NO5S/c1-5-13(2)32-15-7-8-17(16(11-15)22(23,24)25)26-21(28)14-6-9-18(29-3)19(10-14)31-12-20(27)30-4/h6-11,13H,5,12H2,1-4H3,(H,26,28). The monoisotopic (exact) mass is 471 g/mol. The molecule has 0 radical (unpaired) electrons. The number of rotatable bonds is 9. The fraction of sp³-hybridized carbons (Fsp3) is 0.364. The Balaban J connectivity index is 2.30. The Bertz CT molecular complexity index is 965. The second kappa shape index (κ2) is 11.1. The number of ether oxygens (including phenoxy) is 3. The molecule has 0 aliphatic heterocycles. The summed E-state index contributed by atoms with van der Waals surface area (Å²) in [5.74, 6) is -1.11. The highest BCUT2D eigenvalue weighted by Crippen LogP contribution is 2.39. The van der Waals surface area contributed by atoms with Gasteiger partial charge in [-0.3, -0.25) is 4.79 Å². The Morgan fingerprint density at radius 3 is 2.41 bits per heavy atom. The number of esters is 1. The predicted octanol–water partition coefficient (Wildman–Crippen LogP) is 5.41. The van der Waals surface area contributed by atoms with E-state index in [-0.39, 0.29) is 28.0 Å². The molecule has 0 aromatic heterocycles. The maximum absolute atomic E-state index is 13.6. The molecule has 0 fully saturated rings. The number of carbonyl (C=O) groups is 2. The molecule has 174 valence electrons. The summed E-state index contributed by atoms with van der Waals surface area (Å²) < 4.78 is 55.8. The third-order valence-electron chi connectivity index (χ3n) is 4.46. The predicted molar refractivity (Wildman–Crippen MR) is 116 cm³/mol. The van der Waals surface area contributed by atoms with Crippen LogP contribution in [0.1, 0.15) is 36.2 Å². The molecule has 0 bridgehead atoms. The number of hydrogen-bond acceptors (Lipinski definition) is 6. The molecule has 0 heterocycles. The van der Waals surface area contributed by atoms with E-state index in [9.17, 15) is 22.8 Å². The lowest BCUT2D eigenvalue weighted by Crippen LogP contribution is -2.17. The Hall–Kier alpha value is -2.88. The van der Waals surface area contributed by atoms with Gasteiger partial charge in [0.2, 0.25) is 0 Å². The van der Waals surface area contributed by atoms with E-state index < -0.39 is 30.2 Å². The van der Waals surface area contributed by atoms with Crippen LogP contribution in [-0.4, -0.2) is 38.0 Å². The van der Waals surface area contributed by atoms with Gasteiger partial charge in [0.05, 0.1) is 25.5 Å². The van der Waals surface area contributed by atoms with Crippen LogP contribution in [0.25, 0.3) is 0 Å². The van der Waals surface area contributed by atoms with Crippen molar-refractivity contribution in [2.24, 2.45) is 0 Å². The number of anilines is 1. The summed E-state index contributed by atoms with van der Waals surface area (Å²) in [5, 5.41) is 2.46. The number of thioether (sulfide) groups is 1. The number of hydrogen-bond donors (Lipinski definition) is 1. The van der Waals surface area contributed by atoms with Crippen LogP contribution >= 0.6 is 11.8 Å². The van der Waals surface area contributed by atoms with Crippen molar-refractivity contribution >= 4 is 29.3 Å². The summed E-state index contributed by atoms with van der Waals surface area (Å²) in [7, 11) is 2.56. The van der Waals surface area contributed by atoms with E-state index in [1.807, 2.05) is 13.8 Å². The third-order valence-corrected chi connectivity index (χ3v) is 5.72. The molecule has 0 aliphatic carbocycles. The quantitative estimate of drug-likeness (QED) is 0.390. The number of carbonyl (C=O) groups excluding carboxylic acids is 2. The maximum atomic E-state index is 13.6. The first kappa shape index (κ1) is 25.4. The van der Waals surface area contributed by atoms with Crippen molar-refractivity contribution in [3.05, 3.63) is 47.5 Å². The van der Waals surface area contributed by atoms with Gasteiger partial charge in [-0.25, -0.2) is 4.79 Å². The zero-order chi connectivity index (χ0) is 23.9. The van der Waals surface area contributed by atoms with Gasteiger partial charge in [0.1, 0.15) is 0 Å². The highest BCUT2D eigenvalue weighted by Gasteiger charge is 2.34. The maximum Gasteiger partial charge on any atom is 0.418 e. The second-order valence-electron chi connectivity index (χ2n) is 6.73. The Labute approximate surface area is 188 Å². The van der Waals surface area contributed by atoms with E-state index >= 15 is 0 Å². The van der Waals surface area contributed by atoms with Crippen LogP contribution in [0.5, 0.6) is 11.5 Å². The minimum absolute atomic E-state index is 0.0249. The molecular weight excluding hydrogens is 447 g/mol. The van der Waals surface area contributed by atoms with Gasteiger partial charge in [-0.1, -0.05) is 13.8 Å². The average Bonchev–Trinajstić information content (AvgIpc) is 2.77. The van der Waals surface area contributed by atoms with E-state index in [0.29, 0.717) is 4.90 Å². The van der Waals surface area contributed by atoms with Gasteiger partial charge >= 0.3 is 12.1 Å². The van der Waals surface area contributed by atoms with Gasteiger partial charge in [-0.2, -0.15) is 13.2 Å². The van der Waals surface area contributed by atoms with Crippen molar-refractivity contribution < 1.29 is 37.0 Å². The van der Waals surface area contributed by atoms with Crippen molar-refractivity contribution in [1.29, 1.82) is 0 Å². The van der Waals surface area contributed by atoms with E-state index in [1.54, 1.807) is 6.07 Å². The number of benzene rings is 2. The first-order valence-corrected chi connectivity index (χ1v) is 10.5. The van der Waals surface area contributed by atoms with E-state index in [4.69, 9.17) is 9.47 Å². The van der Waals surface area contributed by atoms with Crippen LogP contribution in [0.2, 0.25) is 0 Å². The van der Waals surface area contributed by atoms with Gasteiger partial charge in [-0.05, 0) is 42.8 Å². The van der Waals surface area contributed by atoms with Crippen molar-refractivity contribution in [1.82, 2.24) is 0 Å². The van der Waals surface area contributed by atoms with Crippen molar-refractivity contribution in [2.75, 3.05) is 26.1 Å². The molecule has 0 saturated heterocycles. The van der Waals surface area contributed by atoms with Crippen molar-refractivity contribution in [2.45, 2.75) is 36.6 Å². The van der Waals surface area contributed by atoms with Gasteiger partial charge in [0.15, 0.2) is 18.1 Å². The molecular formula is C22H24F3NO5S. The Kier molecular flexibility index (Phi) is 8.82. The van der Waals surface area contributed by atoms with E-state index in [1.165, 1.54) is 50.2 Å². The van der Waals surface area contributed by atoms with Crippen LogP contribution < -0.4 is 14.8 Å². The number of nitrogens with one attached hydrogen (secondary N) is 1. The number of methoxy groups -OCH3 is 2. The smallest absolute Gasteiger partial charge is 0.418 e. The molecule has 0 spiro atoms. The Morgan fingerprint density at radius 1 is 1.09 bits per heavy atom. The number of halogens is 3. The summed E-state index contributed by atoms with van der Waals surface area (Å²) in [4.78, 5) is 24.5. The van der Waals surface area contributed by atoms with E-state index in [2.05, 4.69) is 10.1 Å². The lowest BCUT2D eigenvalue weighted by atomic mass is 10.1. The second-order valence-corrected chi connectivity index (χ2v) is 8.24. The van der Waals surface area contributed by atoms with Gasteiger partial charge in [0.25, 0.3) is 5.91 Å². The normalized spacial score (nSPS) is 12.1. The minimum Gasteiger partial charge on any atom is -0.493 e. The summed E-state index contributed by atoms with van der Waals surface area (Å²) in [6.45, 7) is 3.46. The molecule has 1 unspecified atom stereocenters. The molecule has 0 saturated carbocycles. The summed E-state index contributed by atoms with van der Waals surface area (Å²) in [5.41, 5.74) is -1.27. The molecule has 1 atom stereocenters. The summed E-state index contributed by atoms with van der Waals surface area (Å²) in [6, 6.07) is 7.88. The lowest BCUT2D eigenvalue weighted by Gasteiger charge is -2.17. The largest absolute Gasteiger partial charge is 0.493 e. The van der Waals surface area contributed by atoms with Crippen molar-refractivity contribution in [3.63, 3.8) is 0 Å². The highest BCUT2D eigenvalue weighted by molar-refractivity contribution is 7.99. The number of amides is 1. The van der Waals surface area contributed by atoms with Crippen LogP contribution in [0.3, 0.4) is 0 Å². The fourth-order valence-corrected chi connectivity index (χ4v) is 3.54. The van der Waals surface area contributed by atoms with Crippen LogP contribution in [0, 0.1) is 0 Å². The number of alkyl halides is 3. The molecule has 1 N–H and O–H groups in total. The molecule has 2 rings (SSSR count). The Morgan fingerprint density at radius 2 is 1.81 bits per heavy atom. The van der Waals surface area contributed by atoms with E-state index in [0.717, 1.165) is 12.5 Å². The minimum atomic E-state index is -4.65. The molecule has 6 nitrogen and oxygen atoms in total. The first-order valence-electron chi connectivity index (χ1n) is 9.65. The summed E-state index contributed by atoms with van der Waals surface area (Å²) >= 11 is 1.33. The van der Waals surface area contributed by atoms with Gasteiger partial charge in [0, 0.05) is 15.7 Å². The molecule has 1 amide bonds. The SMILES string of the molecule is CCC(C)Sc1ccc(NC(=O)c2ccc(OC)c(OCC(=O)OC)c2)c(C(F)(F)F)c1. The zero-order valence-electron chi connectivity index (χ0n) is 18.0.